The van der Waals surface area contributed by atoms with Crippen LogP contribution in [-0.4, -0.2) is 26.0 Å². The van der Waals surface area contributed by atoms with Crippen LogP contribution >= 0.6 is 0 Å². The van der Waals surface area contributed by atoms with Crippen LogP contribution in [0.1, 0.15) is 32.6 Å². The maximum atomic E-state index is 13.7. The normalized spacial score (nSPS) is 17.1. The SMILES string of the molecule is COc1cc2c(cc1OC)C(=O)C(NC1(c3ccccc3)c3ccccc3-c3ccccc31)C2. The second-order valence-corrected chi connectivity index (χ2v) is 8.84. The number of rotatable bonds is 5. The highest BCUT2D eigenvalue weighted by molar-refractivity contribution is 6.05. The molecule has 4 heteroatoms. The molecule has 2 aliphatic rings. The van der Waals surface area contributed by atoms with Gasteiger partial charge in [0.25, 0.3) is 0 Å². The molecular weight excluding hydrogens is 422 g/mol. The molecule has 1 atom stereocenters. The molecule has 2 aliphatic carbocycles. The van der Waals surface area contributed by atoms with E-state index in [-0.39, 0.29) is 11.8 Å². The number of ether oxygens (including phenoxy) is 2. The van der Waals surface area contributed by atoms with Gasteiger partial charge in [-0.15, -0.1) is 0 Å². The van der Waals surface area contributed by atoms with Crippen molar-refractivity contribution >= 4 is 5.78 Å². The zero-order chi connectivity index (χ0) is 23.3. The molecule has 0 aliphatic heterocycles. The van der Waals surface area contributed by atoms with E-state index in [1.807, 2.05) is 18.2 Å². The highest BCUT2D eigenvalue weighted by Crippen LogP contribution is 2.51. The lowest BCUT2D eigenvalue weighted by Crippen LogP contribution is -2.50. The van der Waals surface area contributed by atoms with E-state index in [9.17, 15) is 4.79 Å². The molecule has 4 nitrogen and oxygen atoms in total. The van der Waals surface area contributed by atoms with Crippen LogP contribution in [0.3, 0.4) is 0 Å². The lowest BCUT2D eigenvalue weighted by molar-refractivity contribution is 0.0946. The highest BCUT2D eigenvalue weighted by atomic mass is 16.5. The Kier molecular flexibility index (Phi) is 4.78. The summed E-state index contributed by atoms with van der Waals surface area (Å²) in [5.41, 5.74) is 6.88. The van der Waals surface area contributed by atoms with Gasteiger partial charge in [0, 0.05) is 5.56 Å². The molecular formula is C30H25NO3. The molecule has 6 rings (SSSR count). The molecule has 0 saturated heterocycles. The minimum atomic E-state index is -0.634. The van der Waals surface area contributed by atoms with Gasteiger partial charge in [-0.1, -0.05) is 78.9 Å². The number of ketones is 1. The predicted octanol–water partition coefficient (Wildman–Crippen LogP) is 5.37. The van der Waals surface area contributed by atoms with E-state index in [2.05, 4.69) is 78.1 Å². The minimum Gasteiger partial charge on any atom is -0.493 e. The summed E-state index contributed by atoms with van der Waals surface area (Å²) in [6.45, 7) is 0. The first-order valence-corrected chi connectivity index (χ1v) is 11.5. The topological polar surface area (TPSA) is 47.6 Å². The molecule has 0 spiro atoms. The third kappa shape index (κ3) is 2.85. The largest absolute Gasteiger partial charge is 0.493 e. The van der Waals surface area contributed by atoms with Crippen LogP contribution in [0.25, 0.3) is 11.1 Å². The summed E-state index contributed by atoms with van der Waals surface area (Å²) in [5.74, 6) is 1.29. The van der Waals surface area contributed by atoms with Crippen molar-refractivity contribution in [1.29, 1.82) is 0 Å². The smallest absolute Gasteiger partial charge is 0.180 e. The van der Waals surface area contributed by atoms with Crippen LogP contribution in [0.4, 0.5) is 0 Å². The summed E-state index contributed by atoms with van der Waals surface area (Å²) in [7, 11) is 3.21. The van der Waals surface area contributed by atoms with Crippen molar-refractivity contribution in [1.82, 2.24) is 5.32 Å². The lowest BCUT2D eigenvalue weighted by Gasteiger charge is -2.36. The molecule has 34 heavy (non-hydrogen) atoms. The molecule has 0 amide bonds. The fourth-order valence-electron chi connectivity index (χ4n) is 5.67. The third-order valence-electron chi connectivity index (χ3n) is 7.17. The standard InChI is InChI=1S/C30H25NO3/c1-33-27-17-19-16-26(29(32)23(19)18-28(27)34-2)31-30(20-10-4-3-5-11-20)24-14-8-6-12-21(24)22-13-7-9-15-25(22)30/h3-15,17-18,26,31H,16H2,1-2H3. The first-order chi connectivity index (χ1) is 16.7. The maximum absolute atomic E-state index is 13.7. The number of carbonyl (C=O) groups is 1. The Morgan fingerprint density at radius 1 is 0.735 bits per heavy atom. The average Bonchev–Trinajstić information content (AvgIpc) is 3.36. The number of hydrogen-bond acceptors (Lipinski definition) is 4. The van der Waals surface area contributed by atoms with Crippen molar-refractivity contribution in [3.8, 4) is 22.6 Å². The van der Waals surface area contributed by atoms with Gasteiger partial charge in [0.05, 0.1) is 25.8 Å². The summed E-state index contributed by atoms with van der Waals surface area (Å²) in [4.78, 5) is 13.7. The van der Waals surface area contributed by atoms with E-state index in [0.29, 0.717) is 23.5 Å². The molecule has 0 bridgehead atoms. The Morgan fingerprint density at radius 3 is 1.91 bits per heavy atom. The maximum Gasteiger partial charge on any atom is 0.180 e. The first kappa shape index (κ1) is 20.7. The van der Waals surface area contributed by atoms with Gasteiger partial charge >= 0.3 is 0 Å². The van der Waals surface area contributed by atoms with Crippen LogP contribution < -0.4 is 14.8 Å². The fraction of sp³-hybridized carbons (Fsp3) is 0.167. The summed E-state index contributed by atoms with van der Waals surface area (Å²) in [5, 5.41) is 3.86. The Bertz CT molecular complexity index is 1360. The van der Waals surface area contributed by atoms with Crippen molar-refractivity contribution in [2.45, 2.75) is 18.0 Å². The number of benzene rings is 4. The fourth-order valence-corrected chi connectivity index (χ4v) is 5.67. The molecule has 0 fully saturated rings. The van der Waals surface area contributed by atoms with E-state index in [0.717, 1.165) is 11.1 Å². The Morgan fingerprint density at radius 2 is 1.29 bits per heavy atom. The zero-order valence-corrected chi connectivity index (χ0v) is 19.2. The van der Waals surface area contributed by atoms with Gasteiger partial charge in [0.15, 0.2) is 17.3 Å². The molecule has 0 saturated carbocycles. The zero-order valence-electron chi connectivity index (χ0n) is 19.2. The van der Waals surface area contributed by atoms with Gasteiger partial charge in [-0.05, 0) is 51.9 Å². The van der Waals surface area contributed by atoms with Gasteiger partial charge in [0.1, 0.15) is 0 Å². The number of methoxy groups -OCH3 is 2. The van der Waals surface area contributed by atoms with Gasteiger partial charge in [-0.25, -0.2) is 0 Å². The van der Waals surface area contributed by atoms with Gasteiger partial charge in [-0.2, -0.15) is 0 Å². The summed E-state index contributed by atoms with van der Waals surface area (Å²) >= 11 is 0. The Labute approximate surface area is 199 Å². The van der Waals surface area contributed by atoms with E-state index < -0.39 is 5.54 Å². The molecule has 4 aromatic rings. The molecule has 1 N–H and O–H groups in total. The highest BCUT2D eigenvalue weighted by Gasteiger charge is 2.47. The quantitative estimate of drug-likeness (QED) is 0.447. The van der Waals surface area contributed by atoms with E-state index in [1.165, 1.54) is 22.3 Å². The minimum absolute atomic E-state index is 0.0770. The summed E-state index contributed by atoms with van der Waals surface area (Å²) in [6, 6.07) is 30.8. The molecule has 0 radical (unpaired) electrons. The lowest BCUT2D eigenvalue weighted by atomic mass is 9.79. The van der Waals surface area contributed by atoms with Crippen LogP contribution in [0.15, 0.2) is 91.0 Å². The number of nitrogens with one attached hydrogen (secondary N) is 1. The number of hydrogen-bond donors (Lipinski definition) is 1. The van der Waals surface area contributed by atoms with Crippen molar-refractivity contribution in [3.05, 3.63) is 119 Å². The summed E-state index contributed by atoms with van der Waals surface area (Å²) < 4.78 is 11.0. The van der Waals surface area contributed by atoms with E-state index in [1.54, 1.807) is 14.2 Å². The van der Waals surface area contributed by atoms with Gasteiger partial charge in [0.2, 0.25) is 0 Å². The summed E-state index contributed by atoms with van der Waals surface area (Å²) in [6.07, 6.45) is 0.591. The van der Waals surface area contributed by atoms with E-state index >= 15 is 0 Å². The van der Waals surface area contributed by atoms with Crippen molar-refractivity contribution in [2.24, 2.45) is 0 Å². The second kappa shape index (κ2) is 7.86. The van der Waals surface area contributed by atoms with Crippen molar-refractivity contribution < 1.29 is 14.3 Å². The van der Waals surface area contributed by atoms with Gasteiger partial charge < -0.3 is 9.47 Å². The molecule has 0 aromatic heterocycles. The molecule has 168 valence electrons. The number of Topliss-reactive ketones (excluding diaryl/α,β-unsaturated/α-hetero) is 1. The van der Waals surface area contributed by atoms with Crippen LogP contribution in [0.5, 0.6) is 11.5 Å². The molecule has 4 aromatic carbocycles. The van der Waals surface area contributed by atoms with Crippen LogP contribution in [-0.2, 0) is 12.0 Å². The second-order valence-electron chi connectivity index (χ2n) is 8.84. The van der Waals surface area contributed by atoms with Crippen molar-refractivity contribution in [2.75, 3.05) is 14.2 Å². The molecule has 1 unspecified atom stereocenters. The van der Waals surface area contributed by atoms with Gasteiger partial charge in [-0.3, -0.25) is 10.1 Å². The Balaban J connectivity index is 1.52. The van der Waals surface area contributed by atoms with Crippen molar-refractivity contribution in [3.63, 3.8) is 0 Å². The third-order valence-corrected chi connectivity index (χ3v) is 7.17. The molecule has 0 heterocycles. The van der Waals surface area contributed by atoms with Crippen LogP contribution in [0.2, 0.25) is 0 Å². The Hall–Kier alpha value is -3.89. The number of fused-ring (bicyclic) bond motifs is 4. The number of carbonyl (C=O) groups excluding carboxylic acids is 1. The predicted molar refractivity (Wildman–Crippen MR) is 133 cm³/mol. The van der Waals surface area contributed by atoms with Crippen LogP contribution in [0, 0.1) is 0 Å². The monoisotopic (exact) mass is 447 g/mol. The average molecular weight is 448 g/mol. The first-order valence-electron chi connectivity index (χ1n) is 11.5. The van der Waals surface area contributed by atoms with E-state index in [4.69, 9.17) is 9.47 Å².